The topological polar surface area (TPSA) is 82.9 Å². The number of benzene rings is 3. The fourth-order valence-electron chi connectivity index (χ4n) is 5.07. The monoisotopic (exact) mass is 499 g/mol. The zero-order valence-corrected chi connectivity index (χ0v) is 21.1. The van der Waals surface area contributed by atoms with Crippen molar-refractivity contribution in [3.8, 4) is 11.5 Å². The largest absolute Gasteiger partial charge is 0.493 e. The SMILES string of the molecule is CCOC(=O)C1C(=O)N(CCc2ccccc2)c2nc3ccccc3n2C1c1cccc(OC)c1OC. The van der Waals surface area contributed by atoms with Gasteiger partial charge in [0.15, 0.2) is 17.4 Å². The molecule has 0 saturated carbocycles. The van der Waals surface area contributed by atoms with Crippen LogP contribution in [0.25, 0.3) is 11.0 Å². The van der Waals surface area contributed by atoms with Crippen LogP contribution >= 0.6 is 0 Å². The molecule has 2 atom stereocenters. The zero-order valence-electron chi connectivity index (χ0n) is 21.1. The molecule has 1 aliphatic heterocycles. The first-order valence-corrected chi connectivity index (χ1v) is 12.3. The van der Waals surface area contributed by atoms with Crippen molar-refractivity contribution in [3.05, 3.63) is 83.9 Å². The number of nitrogens with zero attached hydrogens (tertiary/aromatic N) is 3. The predicted octanol–water partition coefficient (Wildman–Crippen LogP) is 4.41. The second kappa shape index (κ2) is 10.3. The Balaban J connectivity index is 1.73. The van der Waals surface area contributed by atoms with Gasteiger partial charge in [-0.15, -0.1) is 0 Å². The fourth-order valence-corrected chi connectivity index (χ4v) is 5.07. The van der Waals surface area contributed by atoms with Crippen LogP contribution in [0.15, 0.2) is 72.8 Å². The number of esters is 1. The number of aromatic nitrogens is 2. The van der Waals surface area contributed by atoms with Crippen molar-refractivity contribution in [2.24, 2.45) is 5.92 Å². The van der Waals surface area contributed by atoms with Crippen LogP contribution in [-0.4, -0.2) is 48.8 Å². The Morgan fingerprint density at radius 1 is 0.946 bits per heavy atom. The molecular weight excluding hydrogens is 470 g/mol. The van der Waals surface area contributed by atoms with E-state index in [2.05, 4.69) is 0 Å². The number of methoxy groups -OCH3 is 2. The maximum absolute atomic E-state index is 14.1. The summed E-state index contributed by atoms with van der Waals surface area (Å²) in [5, 5.41) is 0. The lowest BCUT2D eigenvalue weighted by Gasteiger charge is -2.38. The fraction of sp³-hybridized carbons (Fsp3) is 0.276. The molecule has 4 aromatic rings. The van der Waals surface area contributed by atoms with Crippen LogP contribution in [0.3, 0.4) is 0 Å². The number of ether oxygens (including phenoxy) is 3. The summed E-state index contributed by atoms with van der Waals surface area (Å²) < 4.78 is 18.7. The third-order valence-corrected chi connectivity index (χ3v) is 6.70. The number of fused-ring (bicyclic) bond motifs is 3. The molecule has 5 rings (SSSR count). The third kappa shape index (κ3) is 4.28. The molecule has 0 N–H and O–H groups in total. The van der Waals surface area contributed by atoms with Gasteiger partial charge in [0.25, 0.3) is 0 Å². The average molecular weight is 500 g/mol. The first-order chi connectivity index (χ1) is 18.1. The maximum Gasteiger partial charge on any atom is 0.321 e. The van der Waals surface area contributed by atoms with Gasteiger partial charge in [0.1, 0.15) is 0 Å². The lowest BCUT2D eigenvalue weighted by Crippen LogP contribution is -2.50. The number of rotatable bonds is 8. The van der Waals surface area contributed by atoms with Crippen LogP contribution in [0, 0.1) is 5.92 Å². The summed E-state index contributed by atoms with van der Waals surface area (Å²) >= 11 is 0. The number of amides is 1. The Bertz CT molecular complexity index is 1430. The summed E-state index contributed by atoms with van der Waals surface area (Å²) in [7, 11) is 3.10. The molecule has 0 bridgehead atoms. The molecule has 3 aromatic carbocycles. The van der Waals surface area contributed by atoms with Crippen LogP contribution in [0.5, 0.6) is 11.5 Å². The molecule has 2 heterocycles. The minimum absolute atomic E-state index is 0.159. The number of carbonyl (C=O) groups is 2. The summed E-state index contributed by atoms with van der Waals surface area (Å²) in [6.45, 7) is 2.26. The van der Waals surface area contributed by atoms with Gasteiger partial charge < -0.3 is 18.8 Å². The summed E-state index contributed by atoms with van der Waals surface area (Å²) in [5.41, 5.74) is 3.26. The average Bonchev–Trinajstić information content (AvgIpc) is 3.31. The molecule has 37 heavy (non-hydrogen) atoms. The molecule has 1 amide bonds. The Kier molecular flexibility index (Phi) is 6.81. The first-order valence-electron chi connectivity index (χ1n) is 12.3. The third-order valence-electron chi connectivity index (χ3n) is 6.70. The second-order valence-electron chi connectivity index (χ2n) is 8.75. The number of hydrogen-bond donors (Lipinski definition) is 0. The Morgan fingerprint density at radius 3 is 2.43 bits per heavy atom. The maximum atomic E-state index is 14.1. The van der Waals surface area contributed by atoms with Gasteiger partial charge in [-0.25, -0.2) is 4.98 Å². The Hall–Kier alpha value is -4.33. The summed E-state index contributed by atoms with van der Waals surface area (Å²) in [4.78, 5) is 34.1. The molecule has 0 spiro atoms. The van der Waals surface area contributed by atoms with E-state index in [4.69, 9.17) is 19.2 Å². The van der Waals surface area contributed by atoms with Gasteiger partial charge in [-0.2, -0.15) is 0 Å². The molecule has 1 aliphatic rings. The lowest BCUT2D eigenvalue weighted by atomic mass is 9.88. The van der Waals surface area contributed by atoms with E-state index in [1.54, 1.807) is 32.1 Å². The van der Waals surface area contributed by atoms with Crippen LogP contribution < -0.4 is 14.4 Å². The molecule has 2 unspecified atom stereocenters. The summed E-state index contributed by atoms with van der Waals surface area (Å²) in [6.07, 6.45) is 0.610. The smallest absolute Gasteiger partial charge is 0.321 e. The molecule has 0 saturated heterocycles. The highest BCUT2D eigenvalue weighted by Gasteiger charge is 2.48. The Morgan fingerprint density at radius 2 is 1.70 bits per heavy atom. The van der Waals surface area contributed by atoms with Crippen LogP contribution in [-0.2, 0) is 20.7 Å². The molecule has 0 aliphatic carbocycles. The number of hydrogen-bond acceptors (Lipinski definition) is 6. The Labute approximate surface area is 215 Å². The molecule has 0 radical (unpaired) electrons. The molecule has 1 aromatic heterocycles. The summed E-state index contributed by atoms with van der Waals surface area (Å²) in [6, 6.07) is 22.3. The number of carbonyl (C=O) groups excluding carboxylic acids is 2. The van der Waals surface area contributed by atoms with Gasteiger partial charge in [0.05, 0.1) is 37.9 Å². The lowest BCUT2D eigenvalue weighted by molar-refractivity contribution is -0.153. The van der Waals surface area contributed by atoms with E-state index in [9.17, 15) is 9.59 Å². The van der Waals surface area contributed by atoms with Crippen molar-refractivity contribution in [2.45, 2.75) is 19.4 Å². The normalized spacial score (nSPS) is 16.9. The predicted molar refractivity (Wildman–Crippen MR) is 140 cm³/mol. The van der Waals surface area contributed by atoms with Crippen molar-refractivity contribution in [2.75, 3.05) is 32.3 Å². The quantitative estimate of drug-likeness (QED) is 0.264. The zero-order chi connectivity index (χ0) is 25.9. The van der Waals surface area contributed by atoms with E-state index in [0.29, 0.717) is 36.0 Å². The van der Waals surface area contributed by atoms with E-state index in [1.165, 1.54) is 0 Å². The van der Waals surface area contributed by atoms with E-state index in [-0.39, 0.29) is 12.5 Å². The molecule has 0 fully saturated rings. The molecule has 8 nitrogen and oxygen atoms in total. The van der Waals surface area contributed by atoms with Crippen molar-refractivity contribution in [1.82, 2.24) is 9.55 Å². The van der Waals surface area contributed by atoms with Gasteiger partial charge in [-0.1, -0.05) is 54.6 Å². The number of anilines is 1. The van der Waals surface area contributed by atoms with Gasteiger partial charge in [0.2, 0.25) is 11.9 Å². The first kappa shape index (κ1) is 24.4. The van der Waals surface area contributed by atoms with Gasteiger partial charge >= 0.3 is 5.97 Å². The van der Waals surface area contributed by atoms with Crippen molar-refractivity contribution in [3.63, 3.8) is 0 Å². The van der Waals surface area contributed by atoms with Crippen LogP contribution in [0.1, 0.15) is 24.1 Å². The van der Waals surface area contributed by atoms with Gasteiger partial charge in [0, 0.05) is 12.1 Å². The highest BCUT2D eigenvalue weighted by molar-refractivity contribution is 6.08. The van der Waals surface area contributed by atoms with E-state index >= 15 is 0 Å². The minimum atomic E-state index is -1.14. The summed E-state index contributed by atoms with van der Waals surface area (Å²) in [5.74, 6) is -0.631. The van der Waals surface area contributed by atoms with Crippen LogP contribution in [0.4, 0.5) is 5.95 Å². The van der Waals surface area contributed by atoms with Gasteiger partial charge in [-0.05, 0) is 37.1 Å². The molecular formula is C29H29N3O5. The van der Waals surface area contributed by atoms with Crippen molar-refractivity contribution in [1.29, 1.82) is 0 Å². The standard InChI is InChI=1S/C29H29N3O5/c1-4-37-28(34)24-25(20-13-10-16-23(35-2)26(20)36-3)32-22-15-9-8-14-21(22)30-29(32)31(27(24)33)18-17-19-11-6-5-7-12-19/h5-16,24-25H,4,17-18H2,1-3H3. The minimum Gasteiger partial charge on any atom is -0.493 e. The van der Waals surface area contributed by atoms with Crippen molar-refractivity contribution < 1.29 is 23.8 Å². The van der Waals surface area contributed by atoms with Crippen LogP contribution in [0.2, 0.25) is 0 Å². The van der Waals surface area contributed by atoms with Crippen molar-refractivity contribution >= 4 is 28.9 Å². The number of imidazole rings is 1. The highest BCUT2D eigenvalue weighted by Crippen LogP contribution is 2.46. The number of para-hydroxylation sites is 3. The van der Waals surface area contributed by atoms with Gasteiger partial charge in [-0.3, -0.25) is 14.5 Å². The highest BCUT2D eigenvalue weighted by atomic mass is 16.5. The van der Waals surface area contributed by atoms with E-state index < -0.39 is 17.9 Å². The van der Waals surface area contributed by atoms with E-state index in [1.807, 2.05) is 71.3 Å². The molecule has 8 heteroatoms. The molecule has 190 valence electrons. The van der Waals surface area contributed by atoms with E-state index in [0.717, 1.165) is 16.6 Å². The second-order valence-corrected chi connectivity index (χ2v) is 8.75.